The van der Waals surface area contributed by atoms with Gasteiger partial charge in [0.2, 0.25) is 11.9 Å². The summed E-state index contributed by atoms with van der Waals surface area (Å²) in [5.74, 6) is 0.0886. The van der Waals surface area contributed by atoms with E-state index in [9.17, 15) is 19.2 Å². The molecule has 6 N–H and O–H groups in total. The number of aromatic amines is 2. The molecule has 0 atom stereocenters. The van der Waals surface area contributed by atoms with Crippen LogP contribution in [-0.4, -0.2) is 32.0 Å². The van der Waals surface area contributed by atoms with Gasteiger partial charge in [-0.3, -0.25) is 30.2 Å². The van der Waals surface area contributed by atoms with Crippen molar-refractivity contribution in [2.75, 3.05) is 10.6 Å². The molecule has 36 heavy (non-hydrogen) atoms. The van der Waals surface area contributed by atoms with Crippen LogP contribution in [0, 0.1) is 13.8 Å². The van der Waals surface area contributed by atoms with E-state index in [4.69, 9.17) is 0 Å². The van der Waals surface area contributed by atoms with Crippen LogP contribution >= 0.6 is 0 Å². The van der Waals surface area contributed by atoms with Crippen molar-refractivity contribution in [3.05, 3.63) is 79.6 Å². The first-order valence-electron chi connectivity index (χ1n) is 11.2. The summed E-state index contributed by atoms with van der Waals surface area (Å²) in [6.07, 6.45) is 0. The second kappa shape index (κ2) is 10.0. The number of nitrogens with zero attached hydrogens (tertiary/aromatic N) is 2. The lowest BCUT2D eigenvalue weighted by molar-refractivity contribution is 0.241. The minimum atomic E-state index is -0.812. The van der Waals surface area contributed by atoms with E-state index in [0.717, 1.165) is 11.1 Å². The van der Waals surface area contributed by atoms with Crippen LogP contribution in [0.1, 0.15) is 50.2 Å². The van der Waals surface area contributed by atoms with Gasteiger partial charge in [0.25, 0.3) is 11.1 Å². The second-order valence-electron chi connectivity index (χ2n) is 9.46. The third-order valence-electron chi connectivity index (χ3n) is 5.36. The van der Waals surface area contributed by atoms with Crippen LogP contribution in [0.4, 0.5) is 21.5 Å². The van der Waals surface area contributed by atoms with Gasteiger partial charge in [-0.1, -0.05) is 24.3 Å². The minimum Gasteiger partial charge on any atom is -0.329 e. The molecule has 12 nitrogen and oxygen atoms in total. The molecule has 0 aliphatic rings. The monoisotopic (exact) mass is 494 g/mol. The van der Waals surface area contributed by atoms with Crippen molar-refractivity contribution in [1.29, 1.82) is 0 Å². The molecule has 190 valence electrons. The minimum absolute atomic E-state index is 0.0443. The summed E-state index contributed by atoms with van der Waals surface area (Å²) in [6, 6.07) is 8.97. The number of carbonyl (C=O) groups is 2. The van der Waals surface area contributed by atoms with Gasteiger partial charge in [0.1, 0.15) is 0 Å². The molecule has 0 saturated heterocycles. The van der Waals surface area contributed by atoms with Crippen LogP contribution in [0.2, 0.25) is 0 Å². The number of nitrogens with one attached hydrogen (secondary N) is 6. The fourth-order valence-electron chi connectivity index (χ4n) is 3.56. The Bertz CT molecular complexity index is 1300. The zero-order chi connectivity index (χ0) is 26.7. The summed E-state index contributed by atoms with van der Waals surface area (Å²) >= 11 is 0. The molecule has 1 aromatic carbocycles. The molecule has 3 aromatic rings. The average Bonchev–Trinajstić information content (AvgIpc) is 2.71. The molecule has 0 aliphatic carbocycles. The number of hydrogen-bond donors (Lipinski definition) is 6. The third kappa shape index (κ3) is 6.78. The van der Waals surface area contributed by atoms with E-state index in [1.807, 2.05) is 52.0 Å². The van der Waals surface area contributed by atoms with Crippen molar-refractivity contribution < 1.29 is 9.59 Å². The molecule has 0 spiro atoms. The molecule has 0 unspecified atom stereocenters. The van der Waals surface area contributed by atoms with E-state index in [0.29, 0.717) is 11.4 Å². The number of carbonyl (C=O) groups excluding carboxylic acids is 2. The van der Waals surface area contributed by atoms with Gasteiger partial charge in [-0.05, 0) is 52.7 Å². The Balaban J connectivity index is 1.72. The summed E-state index contributed by atoms with van der Waals surface area (Å²) < 4.78 is 0. The fraction of sp³-hybridized carbons (Fsp3) is 0.333. The summed E-state index contributed by atoms with van der Waals surface area (Å²) in [5.41, 5.74) is 0.150. The lowest BCUT2D eigenvalue weighted by atomic mass is 9.87. The maximum Gasteiger partial charge on any atom is 0.322 e. The molecule has 4 amide bonds. The normalized spacial score (nSPS) is 11.5. The molecule has 0 bridgehead atoms. The van der Waals surface area contributed by atoms with E-state index in [1.165, 1.54) is 12.1 Å². The number of hydrogen-bond acceptors (Lipinski definition) is 6. The van der Waals surface area contributed by atoms with Gasteiger partial charge < -0.3 is 10.6 Å². The Labute approximate surface area is 207 Å². The fourth-order valence-corrected chi connectivity index (χ4v) is 3.56. The number of rotatable bonds is 6. The first kappa shape index (κ1) is 26.1. The standard InChI is InChI=1S/C24H30N8O4/c1-13-10-17(33)27-19(25-13)29-21(35)31-23(3,4)15-8-7-9-16(12-15)24(5,6)32-22(36)30-20-26-14(2)11-18(34)28-20/h7-12H,1-6H3,(H3,25,27,29,31,33,35)(H3,26,28,30,32,34,36). The summed E-state index contributed by atoms with van der Waals surface area (Å²) in [5, 5.41) is 10.8. The summed E-state index contributed by atoms with van der Waals surface area (Å²) in [7, 11) is 0. The molecule has 0 saturated carbocycles. The maximum absolute atomic E-state index is 12.6. The van der Waals surface area contributed by atoms with Crippen molar-refractivity contribution in [1.82, 2.24) is 30.6 Å². The molecular formula is C24H30N8O4. The van der Waals surface area contributed by atoms with E-state index >= 15 is 0 Å². The molecule has 0 radical (unpaired) electrons. The average molecular weight is 495 g/mol. The lowest BCUT2D eigenvalue weighted by Crippen LogP contribution is -2.45. The number of urea groups is 2. The number of anilines is 2. The zero-order valence-corrected chi connectivity index (χ0v) is 21.0. The van der Waals surface area contributed by atoms with Crippen LogP contribution < -0.4 is 32.4 Å². The van der Waals surface area contributed by atoms with Crippen LogP contribution in [-0.2, 0) is 11.1 Å². The quantitative estimate of drug-likeness (QED) is 0.307. The van der Waals surface area contributed by atoms with Gasteiger partial charge in [-0.15, -0.1) is 0 Å². The predicted molar refractivity (Wildman–Crippen MR) is 136 cm³/mol. The van der Waals surface area contributed by atoms with Crippen LogP contribution in [0.3, 0.4) is 0 Å². The highest BCUT2D eigenvalue weighted by atomic mass is 16.2. The van der Waals surface area contributed by atoms with E-state index < -0.39 is 23.1 Å². The molecule has 12 heteroatoms. The Morgan fingerprint density at radius 3 is 1.47 bits per heavy atom. The van der Waals surface area contributed by atoms with Crippen molar-refractivity contribution in [2.24, 2.45) is 0 Å². The first-order chi connectivity index (χ1) is 16.7. The zero-order valence-electron chi connectivity index (χ0n) is 21.0. The highest BCUT2D eigenvalue weighted by Crippen LogP contribution is 2.27. The molecule has 0 fully saturated rings. The number of aryl methyl sites for hydroxylation is 2. The van der Waals surface area contributed by atoms with Gasteiger partial charge in [0.05, 0.1) is 11.1 Å². The van der Waals surface area contributed by atoms with Gasteiger partial charge in [-0.2, -0.15) is 0 Å². The smallest absolute Gasteiger partial charge is 0.322 e. The number of aromatic nitrogens is 4. The summed E-state index contributed by atoms with van der Waals surface area (Å²) in [4.78, 5) is 61.5. The van der Waals surface area contributed by atoms with Gasteiger partial charge in [0, 0.05) is 23.5 Å². The molecular weight excluding hydrogens is 464 g/mol. The van der Waals surface area contributed by atoms with Gasteiger partial charge in [-0.25, -0.2) is 19.6 Å². The first-order valence-corrected chi connectivity index (χ1v) is 11.2. The molecule has 2 aromatic heterocycles. The van der Waals surface area contributed by atoms with Crippen molar-refractivity contribution in [2.45, 2.75) is 52.6 Å². The molecule has 2 heterocycles. The SMILES string of the molecule is Cc1cc(=O)[nH]c(NC(=O)NC(C)(C)c2cccc(C(C)(C)NC(=O)Nc3nc(C)cc(=O)[nH]3)c2)n1. The van der Waals surface area contributed by atoms with E-state index in [1.54, 1.807) is 13.8 Å². The van der Waals surface area contributed by atoms with Crippen LogP contribution in [0.25, 0.3) is 0 Å². The Morgan fingerprint density at radius 2 is 1.11 bits per heavy atom. The highest BCUT2D eigenvalue weighted by molar-refractivity contribution is 5.88. The van der Waals surface area contributed by atoms with Crippen LogP contribution in [0.15, 0.2) is 46.0 Å². The van der Waals surface area contributed by atoms with E-state index in [-0.39, 0.29) is 23.0 Å². The number of benzene rings is 1. The van der Waals surface area contributed by atoms with Crippen LogP contribution in [0.5, 0.6) is 0 Å². The van der Waals surface area contributed by atoms with Crippen molar-refractivity contribution in [3.8, 4) is 0 Å². The number of amides is 4. The largest absolute Gasteiger partial charge is 0.329 e. The third-order valence-corrected chi connectivity index (χ3v) is 5.36. The maximum atomic E-state index is 12.6. The Morgan fingerprint density at radius 1 is 0.722 bits per heavy atom. The van der Waals surface area contributed by atoms with Crippen molar-refractivity contribution >= 4 is 24.0 Å². The predicted octanol–water partition coefficient (Wildman–Crippen LogP) is 2.58. The van der Waals surface area contributed by atoms with Gasteiger partial charge >= 0.3 is 12.1 Å². The highest BCUT2D eigenvalue weighted by Gasteiger charge is 2.28. The Hall–Kier alpha value is -4.48. The number of H-pyrrole nitrogens is 2. The summed E-state index contributed by atoms with van der Waals surface area (Å²) in [6.45, 7) is 10.6. The second-order valence-corrected chi connectivity index (χ2v) is 9.46. The lowest BCUT2D eigenvalue weighted by Gasteiger charge is -2.31. The van der Waals surface area contributed by atoms with E-state index in [2.05, 4.69) is 41.2 Å². The van der Waals surface area contributed by atoms with Gasteiger partial charge in [0.15, 0.2) is 0 Å². The Kier molecular flexibility index (Phi) is 7.27. The van der Waals surface area contributed by atoms with Crippen molar-refractivity contribution in [3.63, 3.8) is 0 Å². The molecule has 0 aliphatic heterocycles. The topological polar surface area (TPSA) is 174 Å². The molecule has 3 rings (SSSR count).